The summed E-state index contributed by atoms with van der Waals surface area (Å²) >= 11 is 0. The summed E-state index contributed by atoms with van der Waals surface area (Å²) in [7, 11) is -3.81. The second-order valence-corrected chi connectivity index (χ2v) is 9.90. The van der Waals surface area contributed by atoms with Crippen LogP contribution in [0.3, 0.4) is 0 Å². The van der Waals surface area contributed by atoms with E-state index >= 15 is 0 Å². The third-order valence-corrected chi connectivity index (χ3v) is 7.45. The van der Waals surface area contributed by atoms with Gasteiger partial charge in [0, 0.05) is 25.3 Å². The molecule has 10 heteroatoms. The predicted molar refractivity (Wildman–Crippen MR) is 122 cm³/mol. The molecule has 0 spiro atoms. The summed E-state index contributed by atoms with van der Waals surface area (Å²) in [6, 6.07) is 12.8. The lowest BCUT2D eigenvalue weighted by Crippen LogP contribution is -2.49. The Bertz CT molecular complexity index is 1100. The van der Waals surface area contributed by atoms with E-state index in [2.05, 4.69) is 10.6 Å². The molecule has 2 aromatic rings. The molecule has 2 aliphatic heterocycles. The standard InChI is InChI=1S/C23H27N3O6S/c27-22-15-26(13-12-24-22)33(29,30)19-10-8-17(9-11-19)23(28)25-20-6-1-2-7-21(20)32-16-18-5-3-4-14-31-18/h1-2,6-11,18H,3-5,12-16H2,(H,24,27)(H,25,28). The minimum atomic E-state index is -3.81. The van der Waals surface area contributed by atoms with Crippen molar-refractivity contribution >= 4 is 27.5 Å². The van der Waals surface area contributed by atoms with Gasteiger partial charge in [0.15, 0.2) is 0 Å². The highest BCUT2D eigenvalue weighted by molar-refractivity contribution is 7.89. The summed E-state index contributed by atoms with van der Waals surface area (Å²) in [5, 5.41) is 5.42. The second-order valence-electron chi connectivity index (χ2n) is 7.96. The second kappa shape index (κ2) is 10.3. The maximum atomic E-state index is 12.8. The van der Waals surface area contributed by atoms with Crippen molar-refractivity contribution in [2.45, 2.75) is 30.3 Å². The van der Waals surface area contributed by atoms with Crippen LogP contribution in [0.5, 0.6) is 5.75 Å². The zero-order valence-corrected chi connectivity index (χ0v) is 19.0. The normalized spacial score (nSPS) is 19.5. The van der Waals surface area contributed by atoms with Crippen LogP contribution in [0.25, 0.3) is 0 Å². The monoisotopic (exact) mass is 473 g/mol. The van der Waals surface area contributed by atoms with Crippen LogP contribution in [-0.2, 0) is 19.6 Å². The summed E-state index contributed by atoms with van der Waals surface area (Å²) < 4.78 is 38.3. The fourth-order valence-corrected chi connectivity index (χ4v) is 5.16. The highest BCUT2D eigenvalue weighted by Gasteiger charge is 2.29. The van der Waals surface area contributed by atoms with Crippen molar-refractivity contribution in [1.82, 2.24) is 9.62 Å². The molecule has 2 N–H and O–H groups in total. The maximum Gasteiger partial charge on any atom is 0.255 e. The number of carbonyl (C=O) groups is 2. The Balaban J connectivity index is 1.41. The van der Waals surface area contributed by atoms with E-state index < -0.39 is 10.0 Å². The van der Waals surface area contributed by atoms with E-state index in [0.717, 1.165) is 30.2 Å². The number of ether oxygens (including phenoxy) is 2. The predicted octanol–water partition coefficient (Wildman–Crippen LogP) is 2.01. The molecule has 1 unspecified atom stereocenters. The molecule has 1 atom stereocenters. The number of benzene rings is 2. The van der Waals surface area contributed by atoms with Crippen molar-refractivity contribution in [3.63, 3.8) is 0 Å². The van der Waals surface area contributed by atoms with Gasteiger partial charge in [-0.25, -0.2) is 8.42 Å². The summed E-state index contributed by atoms with van der Waals surface area (Å²) in [5.74, 6) is -0.180. The lowest BCUT2D eigenvalue weighted by molar-refractivity contribution is -0.122. The average Bonchev–Trinajstić information content (AvgIpc) is 2.84. The number of amides is 2. The van der Waals surface area contributed by atoms with E-state index in [0.29, 0.717) is 23.6 Å². The number of nitrogens with zero attached hydrogens (tertiary/aromatic N) is 1. The summed E-state index contributed by atoms with van der Waals surface area (Å²) in [5.41, 5.74) is 0.824. The molecular weight excluding hydrogens is 446 g/mol. The molecule has 2 aliphatic rings. The topological polar surface area (TPSA) is 114 Å². The Morgan fingerprint density at radius 2 is 1.94 bits per heavy atom. The average molecular weight is 474 g/mol. The van der Waals surface area contributed by atoms with Gasteiger partial charge in [0.05, 0.1) is 23.2 Å². The minimum Gasteiger partial charge on any atom is -0.489 e. The number of sulfonamides is 1. The van der Waals surface area contributed by atoms with Crippen molar-refractivity contribution < 1.29 is 27.5 Å². The molecule has 9 nitrogen and oxygen atoms in total. The number of hydrogen-bond acceptors (Lipinski definition) is 6. The fraction of sp³-hybridized carbons (Fsp3) is 0.391. The molecule has 2 heterocycles. The number of anilines is 1. The van der Waals surface area contributed by atoms with Gasteiger partial charge in [-0.1, -0.05) is 12.1 Å². The van der Waals surface area contributed by atoms with Crippen molar-refractivity contribution in [2.75, 3.05) is 38.2 Å². The van der Waals surface area contributed by atoms with E-state index in [1.165, 1.54) is 24.3 Å². The Morgan fingerprint density at radius 3 is 2.67 bits per heavy atom. The van der Waals surface area contributed by atoms with Crippen molar-refractivity contribution in [3.05, 3.63) is 54.1 Å². The lowest BCUT2D eigenvalue weighted by Gasteiger charge is -2.25. The minimum absolute atomic E-state index is 0.0324. The van der Waals surface area contributed by atoms with Gasteiger partial charge >= 0.3 is 0 Å². The fourth-order valence-electron chi connectivity index (χ4n) is 3.76. The van der Waals surface area contributed by atoms with Crippen LogP contribution in [0.4, 0.5) is 5.69 Å². The number of hydrogen-bond donors (Lipinski definition) is 2. The van der Waals surface area contributed by atoms with Gasteiger partial charge in [-0.15, -0.1) is 0 Å². The van der Waals surface area contributed by atoms with Gasteiger partial charge in [-0.05, 0) is 55.7 Å². The van der Waals surface area contributed by atoms with Crippen LogP contribution in [-0.4, -0.2) is 63.5 Å². The highest BCUT2D eigenvalue weighted by Crippen LogP contribution is 2.26. The lowest BCUT2D eigenvalue weighted by atomic mass is 10.1. The van der Waals surface area contributed by atoms with E-state index in [1.54, 1.807) is 18.2 Å². The molecule has 4 rings (SSSR count). The summed E-state index contributed by atoms with van der Waals surface area (Å²) in [4.78, 5) is 24.4. The van der Waals surface area contributed by atoms with Crippen LogP contribution in [0.15, 0.2) is 53.4 Å². The molecule has 0 bridgehead atoms. The number of rotatable bonds is 7. The number of carbonyl (C=O) groups excluding carboxylic acids is 2. The number of para-hydroxylation sites is 2. The molecular formula is C23H27N3O6S. The van der Waals surface area contributed by atoms with Crippen molar-refractivity contribution in [1.29, 1.82) is 0 Å². The Labute approximate surface area is 193 Å². The van der Waals surface area contributed by atoms with E-state index in [1.807, 2.05) is 6.07 Å². The first-order valence-corrected chi connectivity index (χ1v) is 12.4. The smallest absolute Gasteiger partial charge is 0.255 e. The molecule has 2 amide bonds. The molecule has 2 aromatic carbocycles. The first-order valence-electron chi connectivity index (χ1n) is 11.0. The number of piperazine rings is 1. The van der Waals surface area contributed by atoms with Gasteiger partial charge in [-0.3, -0.25) is 9.59 Å². The Morgan fingerprint density at radius 1 is 1.15 bits per heavy atom. The van der Waals surface area contributed by atoms with Gasteiger partial charge in [-0.2, -0.15) is 4.31 Å². The van der Waals surface area contributed by atoms with Gasteiger partial charge in [0.1, 0.15) is 12.4 Å². The number of nitrogens with one attached hydrogen (secondary N) is 2. The molecule has 0 aromatic heterocycles. The maximum absolute atomic E-state index is 12.8. The molecule has 0 radical (unpaired) electrons. The first-order chi connectivity index (χ1) is 15.9. The van der Waals surface area contributed by atoms with Crippen LogP contribution < -0.4 is 15.4 Å². The molecule has 0 saturated carbocycles. The molecule has 0 aliphatic carbocycles. The van der Waals surface area contributed by atoms with Gasteiger partial charge in [0.2, 0.25) is 15.9 Å². The third kappa shape index (κ3) is 5.70. The molecule has 2 saturated heterocycles. The van der Waals surface area contributed by atoms with Gasteiger partial charge < -0.3 is 20.1 Å². The van der Waals surface area contributed by atoms with Crippen LogP contribution in [0, 0.1) is 0 Å². The summed E-state index contributed by atoms with van der Waals surface area (Å²) in [6.45, 7) is 1.41. The van der Waals surface area contributed by atoms with E-state index in [-0.39, 0.29) is 42.4 Å². The highest BCUT2D eigenvalue weighted by atomic mass is 32.2. The largest absolute Gasteiger partial charge is 0.489 e. The molecule has 176 valence electrons. The Kier molecular flexibility index (Phi) is 7.26. The summed E-state index contributed by atoms with van der Waals surface area (Å²) in [6.07, 6.45) is 3.17. The van der Waals surface area contributed by atoms with Crippen LogP contribution in [0.1, 0.15) is 29.6 Å². The third-order valence-electron chi connectivity index (χ3n) is 5.59. The Hall–Kier alpha value is -2.95. The zero-order valence-electron chi connectivity index (χ0n) is 18.2. The van der Waals surface area contributed by atoms with Crippen molar-refractivity contribution in [3.8, 4) is 5.75 Å². The van der Waals surface area contributed by atoms with Crippen LogP contribution >= 0.6 is 0 Å². The van der Waals surface area contributed by atoms with E-state index in [4.69, 9.17) is 9.47 Å². The van der Waals surface area contributed by atoms with E-state index in [9.17, 15) is 18.0 Å². The van der Waals surface area contributed by atoms with Gasteiger partial charge in [0.25, 0.3) is 5.91 Å². The quantitative estimate of drug-likeness (QED) is 0.636. The first kappa shape index (κ1) is 23.2. The molecule has 2 fully saturated rings. The zero-order chi connectivity index (χ0) is 23.3. The SMILES string of the molecule is O=C1CN(S(=O)(=O)c2ccc(C(=O)Nc3ccccc3OCC3CCCCO3)cc2)CCN1. The van der Waals surface area contributed by atoms with Crippen molar-refractivity contribution in [2.24, 2.45) is 0 Å². The van der Waals surface area contributed by atoms with Crippen LogP contribution in [0.2, 0.25) is 0 Å². The molecule has 33 heavy (non-hydrogen) atoms.